The topological polar surface area (TPSA) is 434 Å². The van der Waals surface area contributed by atoms with E-state index in [0.717, 1.165) is 16.7 Å². The fourth-order valence-electron chi connectivity index (χ4n) is 9.47. The molecule has 28 unspecified atom stereocenters. The second-order valence-corrected chi connectivity index (χ2v) is 20.6. The molecule has 6 heterocycles. The Bertz CT molecular complexity index is 1880. The molecule has 77 heavy (non-hydrogen) atoms. The van der Waals surface area contributed by atoms with Gasteiger partial charge in [-0.3, -0.25) is 0 Å². The molecule has 0 aromatic carbocycles. The highest BCUT2D eigenvalue weighted by atomic mass is 16.8. The van der Waals surface area contributed by atoms with E-state index in [9.17, 15) is 81.7 Å². The lowest BCUT2D eigenvalue weighted by molar-refractivity contribution is -0.385. The van der Waals surface area contributed by atoms with Gasteiger partial charge in [-0.1, -0.05) is 34.9 Å². The van der Waals surface area contributed by atoms with Crippen LogP contribution in [-0.2, 0) is 56.8 Å². The molecule has 0 aromatic heterocycles. The molecular formula is C49H82O28. The van der Waals surface area contributed by atoms with E-state index >= 15 is 0 Å². The molecule has 0 saturated carbocycles. The number of aliphatic hydroxyl groups is 16. The molecule has 0 aliphatic carbocycles. The van der Waals surface area contributed by atoms with Crippen LogP contribution in [0.2, 0.25) is 0 Å². The van der Waals surface area contributed by atoms with Crippen LogP contribution >= 0.6 is 0 Å². The van der Waals surface area contributed by atoms with Crippen molar-refractivity contribution in [3.05, 3.63) is 34.9 Å². The first-order valence-electron chi connectivity index (χ1n) is 25.9. The van der Waals surface area contributed by atoms with Crippen molar-refractivity contribution in [1.29, 1.82) is 0 Å². The van der Waals surface area contributed by atoms with E-state index in [4.69, 9.17) is 56.8 Å². The number of rotatable bonds is 22. The third kappa shape index (κ3) is 16.0. The zero-order valence-electron chi connectivity index (χ0n) is 43.5. The largest absolute Gasteiger partial charge is 0.394 e. The Balaban J connectivity index is 1.05. The molecule has 6 aliphatic heterocycles. The summed E-state index contributed by atoms with van der Waals surface area (Å²) in [6.07, 6.45) is -35.2. The predicted molar refractivity (Wildman–Crippen MR) is 255 cm³/mol. The van der Waals surface area contributed by atoms with Crippen LogP contribution in [0.25, 0.3) is 0 Å². The Morgan fingerprint density at radius 3 is 1.21 bits per heavy atom. The van der Waals surface area contributed by atoms with Crippen LogP contribution in [0.5, 0.6) is 0 Å². The average Bonchev–Trinajstić information content (AvgIpc) is 3.41. The zero-order chi connectivity index (χ0) is 56.6. The van der Waals surface area contributed by atoms with Gasteiger partial charge in [-0.05, 0) is 60.3 Å². The monoisotopic (exact) mass is 1120 g/mol. The van der Waals surface area contributed by atoms with Crippen LogP contribution in [-0.4, -0.2) is 293 Å². The summed E-state index contributed by atoms with van der Waals surface area (Å²) >= 11 is 0. The molecule has 0 bridgehead atoms. The molecule has 6 saturated heterocycles. The number of hydrogen-bond donors (Lipinski definition) is 16. The summed E-state index contributed by atoms with van der Waals surface area (Å²) in [6, 6.07) is 0. The van der Waals surface area contributed by atoms with Gasteiger partial charge in [-0.2, -0.15) is 0 Å². The summed E-state index contributed by atoms with van der Waals surface area (Å²) in [4.78, 5) is 0. The quantitative estimate of drug-likeness (QED) is 0.0448. The standard InChI is InChI=1S/C49H82O28/c1-19(9-7-11-21(3)16-67-49-43(77-47-39(65)35(61)29(55)23(5)71-47)41(33(59)27(15-51)73-49)75-45-37(63)31(57)25(53)18-69-45)8-6-10-20(2)12-13-66-48-42(76-46-38(64)34(60)28(54)22(4)70-46)40(32(58)26(14-50)72-48)74-44-36(62)30(56)24(52)17-68-44/h8,11-12,22-65H,6-7,9-10,13-18H2,1-5H3. The first-order valence-corrected chi connectivity index (χ1v) is 25.9. The Hall–Kier alpha value is -1.90. The van der Waals surface area contributed by atoms with Gasteiger partial charge in [0.1, 0.15) is 122 Å². The molecule has 6 rings (SSSR count). The Morgan fingerprint density at radius 2 is 0.779 bits per heavy atom. The Morgan fingerprint density at radius 1 is 0.403 bits per heavy atom. The first-order chi connectivity index (χ1) is 36.5. The highest BCUT2D eigenvalue weighted by Gasteiger charge is 2.55. The number of hydrogen-bond acceptors (Lipinski definition) is 28. The van der Waals surface area contributed by atoms with E-state index in [1.54, 1.807) is 13.0 Å². The average molecular weight is 1120 g/mol. The molecule has 28 nitrogen and oxygen atoms in total. The maximum absolute atomic E-state index is 11.3. The van der Waals surface area contributed by atoms with Crippen molar-refractivity contribution in [2.75, 3.05) is 39.6 Å². The normalized spacial score (nSPS) is 46.8. The molecule has 0 amide bonds. The first kappa shape index (κ1) is 64.3. The number of aliphatic hydroxyl groups excluding tert-OH is 16. The van der Waals surface area contributed by atoms with Crippen molar-refractivity contribution in [1.82, 2.24) is 0 Å². The molecule has 28 atom stereocenters. The molecule has 28 heteroatoms. The van der Waals surface area contributed by atoms with Crippen LogP contribution in [0.15, 0.2) is 34.9 Å². The summed E-state index contributed by atoms with van der Waals surface area (Å²) in [7, 11) is 0. The second kappa shape index (κ2) is 29.4. The van der Waals surface area contributed by atoms with Crippen LogP contribution in [0.3, 0.4) is 0 Å². The van der Waals surface area contributed by atoms with Gasteiger partial charge >= 0.3 is 0 Å². The third-order valence-electron chi connectivity index (χ3n) is 14.5. The van der Waals surface area contributed by atoms with Gasteiger partial charge in [0.05, 0.1) is 51.8 Å². The smallest absolute Gasteiger partial charge is 0.187 e. The Kier molecular flexibility index (Phi) is 24.5. The summed E-state index contributed by atoms with van der Waals surface area (Å²) in [5.41, 5.74) is 2.68. The lowest BCUT2D eigenvalue weighted by Crippen LogP contribution is -2.66. The van der Waals surface area contributed by atoms with Gasteiger partial charge in [0, 0.05) is 0 Å². The molecule has 6 fully saturated rings. The van der Waals surface area contributed by atoms with Crippen molar-refractivity contribution in [3.8, 4) is 0 Å². The van der Waals surface area contributed by atoms with Gasteiger partial charge in [0.15, 0.2) is 37.7 Å². The predicted octanol–water partition coefficient (Wildman–Crippen LogP) is -6.35. The fourth-order valence-corrected chi connectivity index (χ4v) is 9.47. The lowest BCUT2D eigenvalue weighted by atomic mass is 9.97. The minimum atomic E-state index is -1.80. The van der Waals surface area contributed by atoms with Gasteiger partial charge in [-0.15, -0.1) is 0 Å². The SMILES string of the molecule is CC(=CCCC(C)=CCOC1OC(CO)C(O)C(OC2OCC(O)C(O)C2O)C1OC1OC(C)C(O)C(O)C1O)CCC=C(C)COC1OC(CO)C(O)C(OC2OCC(O)C(O)C2O)C1OC1OC(C)C(O)C(O)C1O. The van der Waals surface area contributed by atoms with E-state index in [0.29, 0.717) is 25.7 Å². The van der Waals surface area contributed by atoms with Gasteiger partial charge in [-0.25, -0.2) is 0 Å². The second-order valence-electron chi connectivity index (χ2n) is 20.6. The van der Waals surface area contributed by atoms with E-state index < -0.39 is 198 Å². The van der Waals surface area contributed by atoms with E-state index in [2.05, 4.69) is 6.08 Å². The van der Waals surface area contributed by atoms with Crippen molar-refractivity contribution in [2.45, 2.75) is 232 Å². The van der Waals surface area contributed by atoms with E-state index in [1.807, 2.05) is 19.9 Å². The lowest BCUT2D eigenvalue weighted by Gasteiger charge is -2.48. The molecule has 0 radical (unpaired) electrons. The van der Waals surface area contributed by atoms with Crippen LogP contribution in [0.1, 0.15) is 60.3 Å². The molecular weight excluding hydrogens is 1040 g/mol. The number of ether oxygens (including phenoxy) is 12. The van der Waals surface area contributed by atoms with Gasteiger partial charge < -0.3 is 139 Å². The van der Waals surface area contributed by atoms with Crippen LogP contribution in [0, 0.1) is 0 Å². The third-order valence-corrected chi connectivity index (χ3v) is 14.5. The Labute approximate surface area is 444 Å². The van der Waals surface area contributed by atoms with E-state index in [-0.39, 0.29) is 13.2 Å². The minimum absolute atomic E-state index is 0.0801. The highest BCUT2D eigenvalue weighted by molar-refractivity contribution is 5.07. The maximum Gasteiger partial charge on any atom is 0.187 e. The molecule has 0 aromatic rings. The van der Waals surface area contributed by atoms with E-state index in [1.165, 1.54) is 13.8 Å². The molecule has 0 spiro atoms. The molecule has 6 aliphatic rings. The molecule has 446 valence electrons. The van der Waals surface area contributed by atoms with Crippen molar-refractivity contribution in [3.63, 3.8) is 0 Å². The van der Waals surface area contributed by atoms with Crippen molar-refractivity contribution < 1.29 is 139 Å². The summed E-state index contributed by atoms with van der Waals surface area (Å²) in [6.45, 7) is 5.95. The summed E-state index contributed by atoms with van der Waals surface area (Å²) in [5, 5.41) is 168. The zero-order valence-corrected chi connectivity index (χ0v) is 43.5. The highest BCUT2D eigenvalue weighted by Crippen LogP contribution is 2.36. The van der Waals surface area contributed by atoms with Crippen LogP contribution in [0.4, 0.5) is 0 Å². The fraction of sp³-hybridized carbons (Fsp3) is 0.878. The van der Waals surface area contributed by atoms with Gasteiger partial charge in [0.2, 0.25) is 0 Å². The molecule has 16 N–H and O–H groups in total. The maximum atomic E-state index is 11.3. The van der Waals surface area contributed by atoms with Crippen LogP contribution < -0.4 is 0 Å². The summed E-state index contributed by atoms with van der Waals surface area (Å²) in [5.74, 6) is 0. The van der Waals surface area contributed by atoms with Crippen molar-refractivity contribution >= 4 is 0 Å². The van der Waals surface area contributed by atoms with Crippen molar-refractivity contribution in [2.24, 2.45) is 0 Å². The summed E-state index contributed by atoms with van der Waals surface area (Å²) < 4.78 is 70.0. The number of allylic oxidation sites excluding steroid dienone is 4. The van der Waals surface area contributed by atoms with Gasteiger partial charge in [0.25, 0.3) is 0 Å². The minimum Gasteiger partial charge on any atom is -0.394 e.